The first-order valence-corrected chi connectivity index (χ1v) is 8.13. The molecule has 1 saturated heterocycles. The van der Waals surface area contributed by atoms with E-state index in [0.717, 1.165) is 36.5 Å². The van der Waals surface area contributed by atoms with Gasteiger partial charge in [0.1, 0.15) is 6.33 Å². The normalized spacial score (nSPS) is 18.7. The van der Waals surface area contributed by atoms with E-state index in [0.29, 0.717) is 12.3 Å². The van der Waals surface area contributed by atoms with Crippen LogP contribution in [0.15, 0.2) is 30.7 Å². The molecule has 0 saturated carbocycles. The molecule has 0 N–H and O–H groups in total. The molecule has 1 amide bonds. The lowest BCUT2D eigenvalue weighted by Crippen LogP contribution is -2.40. The first kappa shape index (κ1) is 14.2. The largest absolute Gasteiger partial charge is 0.342 e. The zero-order valence-corrected chi connectivity index (χ0v) is 13.0. The van der Waals surface area contributed by atoms with Gasteiger partial charge in [-0.1, -0.05) is 0 Å². The van der Waals surface area contributed by atoms with Crippen molar-refractivity contribution in [3.8, 4) is 0 Å². The van der Waals surface area contributed by atoms with Crippen LogP contribution in [-0.4, -0.2) is 33.9 Å². The van der Waals surface area contributed by atoms with Crippen LogP contribution in [0.3, 0.4) is 0 Å². The molecule has 2 aromatic rings. The Balaban J connectivity index is 1.64. The summed E-state index contributed by atoms with van der Waals surface area (Å²) in [6.45, 7) is 3.72. The van der Waals surface area contributed by atoms with E-state index in [9.17, 15) is 4.79 Å². The van der Waals surface area contributed by atoms with Crippen molar-refractivity contribution in [2.24, 2.45) is 0 Å². The maximum atomic E-state index is 12.5. The topological polar surface area (TPSA) is 46.1 Å². The van der Waals surface area contributed by atoms with Crippen molar-refractivity contribution < 1.29 is 4.79 Å². The lowest BCUT2D eigenvalue weighted by Gasteiger charge is -2.32. The fourth-order valence-electron chi connectivity index (χ4n) is 2.83. The number of thiophene rings is 1. The van der Waals surface area contributed by atoms with Crippen LogP contribution in [0.1, 0.15) is 34.2 Å². The minimum absolute atomic E-state index is 0.232. The Labute approximate surface area is 128 Å². The Hall–Kier alpha value is -1.75. The van der Waals surface area contributed by atoms with E-state index in [-0.39, 0.29) is 5.91 Å². The third kappa shape index (κ3) is 3.47. The molecule has 110 valence electrons. The quantitative estimate of drug-likeness (QED) is 0.876. The average Bonchev–Trinajstić information content (AvgIpc) is 2.93. The van der Waals surface area contributed by atoms with Crippen molar-refractivity contribution in [1.29, 1.82) is 0 Å². The Morgan fingerprint density at radius 2 is 2.33 bits per heavy atom. The van der Waals surface area contributed by atoms with Gasteiger partial charge in [-0.3, -0.25) is 4.79 Å². The lowest BCUT2D eigenvalue weighted by molar-refractivity contribution is -0.131. The van der Waals surface area contributed by atoms with E-state index in [2.05, 4.69) is 29.0 Å². The van der Waals surface area contributed by atoms with Crippen molar-refractivity contribution in [2.75, 3.05) is 13.1 Å². The van der Waals surface area contributed by atoms with Gasteiger partial charge in [0.05, 0.1) is 6.42 Å². The molecule has 0 bridgehead atoms. The standard InChI is InChI=1S/C16H19N3OS/c1-12-4-5-14(21-12)9-16(20)19-8-2-3-13(10-19)15-6-7-17-11-18-15/h4-7,11,13H,2-3,8-10H2,1H3/t13-/m1/s1. The highest BCUT2D eigenvalue weighted by atomic mass is 32.1. The van der Waals surface area contributed by atoms with E-state index in [1.54, 1.807) is 23.9 Å². The molecule has 4 nitrogen and oxygen atoms in total. The van der Waals surface area contributed by atoms with E-state index in [1.807, 2.05) is 11.0 Å². The third-order valence-corrected chi connectivity index (χ3v) is 4.92. The van der Waals surface area contributed by atoms with Crippen LogP contribution < -0.4 is 0 Å². The highest BCUT2D eigenvalue weighted by molar-refractivity contribution is 7.12. The maximum absolute atomic E-state index is 12.5. The molecule has 1 aliphatic rings. The Kier molecular flexibility index (Phi) is 4.29. The van der Waals surface area contributed by atoms with Gasteiger partial charge in [-0.25, -0.2) is 9.97 Å². The molecule has 0 aliphatic carbocycles. The molecule has 0 unspecified atom stereocenters. The van der Waals surface area contributed by atoms with Crippen molar-refractivity contribution in [1.82, 2.24) is 14.9 Å². The van der Waals surface area contributed by atoms with Gasteiger partial charge in [-0.15, -0.1) is 11.3 Å². The Bertz CT molecular complexity index is 611. The number of aryl methyl sites for hydroxylation is 1. The second-order valence-electron chi connectivity index (χ2n) is 5.50. The number of carbonyl (C=O) groups excluding carboxylic acids is 1. The summed E-state index contributed by atoms with van der Waals surface area (Å²) in [7, 11) is 0. The van der Waals surface area contributed by atoms with Gasteiger partial charge < -0.3 is 4.90 Å². The Morgan fingerprint density at radius 3 is 3.05 bits per heavy atom. The first-order valence-electron chi connectivity index (χ1n) is 7.31. The van der Waals surface area contributed by atoms with Crippen LogP contribution in [0.5, 0.6) is 0 Å². The molecule has 1 fully saturated rings. The molecule has 5 heteroatoms. The third-order valence-electron chi connectivity index (χ3n) is 3.92. The molecular formula is C16H19N3OS. The molecule has 0 spiro atoms. The monoisotopic (exact) mass is 301 g/mol. The van der Waals surface area contributed by atoms with Crippen LogP contribution in [0.25, 0.3) is 0 Å². The van der Waals surface area contributed by atoms with Gasteiger partial charge >= 0.3 is 0 Å². The number of piperidine rings is 1. The predicted octanol–water partition coefficient (Wildman–Crippen LogP) is 2.80. The summed E-state index contributed by atoms with van der Waals surface area (Å²) in [6, 6.07) is 6.10. The molecule has 3 rings (SSSR count). The second kappa shape index (κ2) is 6.35. The van der Waals surface area contributed by atoms with E-state index >= 15 is 0 Å². The number of rotatable bonds is 3. The maximum Gasteiger partial charge on any atom is 0.227 e. The molecular weight excluding hydrogens is 282 g/mol. The molecule has 0 aromatic carbocycles. The predicted molar refractivity (Wildman–Crippen MR) is 83.3 cm³/mol. The first-order chi connectivity index (χ1) is 10.2. The van der Waals surface area contributed by atoms with Crippen LogP contribution in [0, 0.1) is 6.92 Å². The zero-order chi connectivity index (χ0) is 14.7. The van der Waals surface area contributed by atoms with Crippen LogP contribution in [0.4, 0.5) is 0 Å². The molecule has 21 heavy (non-hydrogen) atoms. The van der Waals surface area contributed by atoms with Crippen molar-refractivity contribution in [3.63, 3.8) is 0 Å². The van der Waals surface area contributed by atoms with Crippen LogP contribution in [-0.2, 0) is 11.2 Å². The van der Waals surface area contributed by atoms with Gasteiger partial charge in [0, 0.05) is 40.7 Å². The highest BCUT2D eigenvalue weighted by Crippen LogP contribution is 2.26. The molecule has 3 heterocycles. The van der Waals surface area contributed by atoms with Gasteiger partial charge in [0.15, 0.2) is 0 Å². The minimum Gasteiger partial charge on any atom is -0.342 e. The van der Waals surface area contributed by atoms with Crippen LogP contribution >= 0.6 is 11.3 Å². The lowest BCUT2D eigenvalue weighted by atomic mass is 9.94. The zero-order valence-electron chi connectivity index (χ0n) is 12.2. The fourth-order valence-corrected chi connectivity index (χ4v) is 3.71. The smallest absolute Gasteiger partial charge is 0.227 e. The molecule has 0 radical (unpaired) electrons. The summed E-state index contributed by atoms with van der Waals surface area (Å²) in [5, 5.41) is 0. The minimum atomic E-state index is 0.232. The molecule has 1 aliphatic heterocycles. The summed E-state index contributed by atoms with van der Waals surface area (Å²) in [6.07, 6.45) is 6.03. The highest BCUT2D eigenvalue weighted by Gasteiger charge is 2.25. The summed E-state index contributed by atoms with van der Waals surface area (Å²) in [5.41, 5.74) is 1.05. The number of hydrogen-bond donors (Lipinski definition) is 0. The number of carbonyl (C=O) groups is 1. The van der Waals surface area contributed by atoms with Gasteiger partial charge in [-0.05, 0) is 38.0 Å². The fraction of sp³-hybridized carbons (Fsp3) is 0.438. The summed E-state index contributed by atoms with van der Waals surface area (Å²) >= 11 is 1.71. The molecule has 1 atom stereocenters. The number of amides is 1. The van der Waals surface area contributed by atoms with Crippen LogP contribution in [0.2, 0.25) is 0 Å². The number of likely N-dealkylation sites (tertiary alicyclic amines) is 1. The van der Waals surface area contributed by atoms with Crippen molar-refractivity contribution in [3.05, 3.63) is 46.2 Å². The number of nitrogens with zero attached hydrogens (tertiary/aromatic N) is 3. The van der Waals surface area contributed by atoms with E-state index in [4.69, 9.17) is 0 Å². The van der Waals surface area contributed by atoms with E-state index in [1.165, 1.54) is 4.88 Å². The van der Waals surface area contributed by atoms with Crippen molar-refractivity contribution >= 4 is 17.2 Å². The van der Waals surface area contributed by atoms with Crippen molar-refractivity contribution in [2.45, 2.75) is 32.1 Å². The van der Waals surface area contributed by atoms with E-state index < -0.39 is 0 Å². The number of hydrogen-bond acceptors (Lipinski definition) is 4. The molecule has 2 aromatic heterocycles. The van der Waals surface area contributed by atoms with Gasteiger partial charge in [-0.2, -0.15) is 0 Å². The van der Waals surface area contributed by atoms with Gasteiger partial charge in [0.2, 0.25) is 5.91 Å². The average molecular weight is 301 g/mol. The summed E-state index contributed by atoms with van der Waals surface area (Å²) < 4.78 is 0. The second-order valence-corrected chi connectivity index (χ2v) is 6.87. The van der Waals surface area contributed by atoms with Gasteiger partial charge in [0.25, 0.3) is 0 Å². The number of aromatic nitrogens is 2. The Morgan fingerprint density at radius 1 is 1.43 bits per heavy atom. The summed E-state index contributed by atoms with van der Waals surface area (Å²) in [4.78, 5) is 25.2. The summed E-state index contributed by atoms with van der Waals surface area (Å²) in [5.74, 6) is 0.575. The SMILES string of the molecule is Cc1ccc(CC(=O)N2CCC[C@@H](c3ccncn3)C2)s1.